The van der Waals surface area contributed by atoms with E-state index in [-0.39, 0.29) is 35.1 Å². The van der Waals surface area contributed by atoms with Gasteiger partial charge in [0, 0.05) is 17.2 Å². The van der Waals surface area contributed by atoms with Crippen molar-refractivity contribution < 1.29 is 14.4 Å². The third kappa shape index (κ3) is 4.02. The highest BCUT2D eigenvalue weighted by atomic mass is 35.5. The predicted molar refractivity (Wildman–Crippen MR) is 176 cm³/mol. The lowest BCUT2D eigenvalue weighted by molar-refractivity contribution is -0.123. The maximum Gasteiger partial charge on any atom is 0.244 e. The lowest BCUT2D eigenvalue weighted by atomic mass is 9.47. The molecule has 1 N–H and O–H groups in total. The molecule has 3 aliphatic carbocycles. The normalized spacial score (nSPS) is 22.9. The minimum Gasteiger partial charge on any atom is -0.274 e. The highest BCUT2D eigenvalue weighted by Gasteiger charge is 2.68. The van der Waals surface area contributed by atoms with Crippen LogP contribution >= 0.6 is 23.2 Å². The molecule has 6 nitrogen and oxygen atoms in total. The molecule has 5 aromatic rings. The number of benzene rings is 5. The second kappa shape index (κ2) is 10.4. The third-order valence-electron chi connectivity index (χ3n) is 9.52. The van der Waals surface area contributed by atoms with Gasteiger partial charge in [-0.25, -0.2) is 10.3 Å². The van der Waals surface area contributed by atoms with Gasteiger partial charge in [0.25, 0.3) is 0 Å². The smallest absolute Gasteiger partial charge is 0.244 e. The summed E-state index contributed by atoms with van der Waals surface area (Å²) in [6.45, 7) is 0. The molecule has 1 saturated heterocycles. The zero-order valence-corrected chi connectivity index (χ0v) is 25.3. The summed E-state index contributed by atoms with van der Waals surface area (Å²) in [7, 11) is 0. The fourth-order valence-electron chi connectivity index (χ4n) is 7.82. The molecule has 1 fully saturated rings. The van der Waals surface area contributed by atoms with Gasteiger partial charge in [0.05, 0.1) is 34.4 Å². The Labute approximate surface area is 269 Å². The van der Waals surface area contributed by atoms with E-state index in [1.54, 1.807) is 18.3 Å². The van der Waals surface area contributed by atoms with Gasteiger partial charge >= 0.3 is 0 Å². The van der Waals surface area contributed by atoms with Crippen LogP contribution in [0.3, 0.4) is 0 Å². The summed E-state index contributed by atoms with van der Waals surface area (Å²) < 4.78 is 0. The average Bonchev–Trinajstić information content (AvgIpc) is 3.32. The zero-order valence-electron chi connectivity index (χ0n) is 23.8. The number of carbonyl (C=O) groups excluding carboxylic acids is 3. The fourth-order valence-corrected chi connectivity index (χ4v) is 8.31. The van der Waals surface area contributed by atoms with Gasteiger partial charge in [-0.05, 0) is 56.8 Å². The lowest BCUT2D eigenvalue weighted by Crippen LogP contribution is -2.54. The van der Waals surface area contributed by atoms with Gasteiger partial charge in [0.2, 0.25) is 17.7 Å². The minimum absolute atomic E-state index is 0.132. The molecule has 3 amide bonds. The van der Waals surface area contributed by atoms with E-state index < -0.39 is 17.3 Å². The number of rotatable bonds is 5. The van der Waals surface area contributed by atoms with E-state index in [4.69, 9.17) is 23.2 Å². The molecule has 0 saturated carbocycles. The van der Waals surface area contributed by atoms with Gasteiger partial charge in [-0.3, -0.25) is 14.4 Å². The third-order valence-corrected chi connectivity index (χ3v) is 10.1. The van der Waals surface area contributed by atoms with Crippen LogP contribution in [0.15, 0.2) is 114 Å². The van der Waals surface area contributed by atoms with Crippen LogP contribution in [0.5, 0.6) is 0 Å². The van der Waals surface area contributed by atoms with Crippen molar-refractivity contribution in [3.63, 3.8) is 0 Å². The fraction of sp³-hybridized carbons (Fsp3) is 0.135. The Balaban J connectivity index is 1.23. The largest absolute Gasteiger partial charge is 0.274 e. The van der Waals surface area contributed by atoms with Crippen LogP contribution in [0.2, 0.25) is 10.0 Å². The van der Waals surface area contributed by atoms with E-state index in [0.717, 1.165) is 38.6 Å². The van der Waals surface area contributed by atoms with Crippen LogP contribution in [0.4, 0.5) is 5.69 Å². The number of fused-ring (bicyclic) bond motifs is 1. The van der Waals surface area contributed by atoms with E-state index in [1.807, 2.05) is 91.0 Å². The molecule has 0 radical (unpaired) electrons. The summed E-state index contributed by atoms with van der Waals surface area (Å²) in [6, 6.07) is 34.3. The first-order chi connectivity index (χ1) is 21.9. The van der Waals surface area contributed by atoms with Gasteiger partial charge in [0.15, 0.2) is 0 Å². The molecule has 220 valence electrons. The highest BCUT2D eigenvalue weighted by molar-refractivity contribution is 6.38. The number of nitrogens with zero attached hydrogens (tertiary/aromatic N) is 2. The van der Waals surface area contributed by atoms with Gasteiger partial charge in [-0.2, -0.15) is 5.10 Å². The molecule has 0 unspecified atom stereocenters. The lowest BCUT2D eigenvalue weighted by Gasteiger charge is -2.52. The molecule has 9 rings (SSSR count). The Bertz CT molecular complexity index is 2060. The number of halogens is 2. The van der Waals surface area contributed by atoms with Crippen molar-refractivity contribution in [1.29, 1.82) is 0 Å². The first kappa shape index (κ1) is 27.7. The van der Waals surface area contributed by atoms with Crippen molar-refractivity contribution >= 4 is 63.6 Å². The molecule has 2 atom stereocenters. The maximum atomic E-state index is 14.5. The summed E-state index contributed by atoms with van der Waals surface area (Å²) in [5.41, 5.74) is 6.54. The second-order valence-electron chi connectivity index (χ2n) is 11.7. The predicted octanol–water partition coefficient (Wildman–Crippen LogP) is 7.04. The van der Waals surface area contributed by atoms with Crippen molar-refractivity contribution in [2.45, 2.75) is 17.8 Å². The molecule has 4 aliphatic rings. The van der Waals surface area contributed by atoms with Crippen LogP contribution in [-0.2, 0) is 26.2 Å². The molecular weight excluding hydrogens is 605 g/mol. The van der Waals surface area contributed by atoms with Gasteiger partial charge in [0.1, 0.15) is 0 Å². The van der Waals surface area contributed by atoms with Crippen LogP contribution < -0.4 is 10.3 Å². The quantitative estimate of drug-likeness (QED) is 0.129. The molecule has 0 spiro atoms. The molecular formula is C37H25Cl2N3O3. The van der Waals surface area contributed by atoms with Gasteiger partial charge in [-0.1, -0.05) is 114 Å². The Morgan fingerprint density at radius 1 is 0.822 bits per heavy atom. The molecule has 8 heteroatoms. The zero-order chi connectivity index (χ0) is 30.9. The summed E-state index contributed by atoms with van der Waals surface area (Å²) in [4.78, 5) is 43.3. The van der Waals surface area contributed by atoms with Gasteiger partial charge in [-0.15, -0.1) is 0 Å². The van der Waals surface area contributed by atoms with Crippen LogP contribution in [-0.4, -0.2) is 23.9 Å². The Kier molecular flexibility index (Phi) is 6.41. The maximum absolute atomic E-state index is 14.5. The number of imide groups is 1. The Morgan fingerprint density at radius 3 is 2.22 bits per heavy atom. The summed E-state index contributed by atoms with van der Waals surface area (Å²) in [5, 5.41) is 7.21. The van der Waals surface area contributed by atoms with Gasteiger partial charge < -0.3 is 0 Å². The van der Waals surface area contributed by atoms with E-state index in [1.165, 1.54) is 11.0 Å². The van der Waals surface area contributed by atoms with E-state index in [0.29, 0.717) is 10.7 Å². The van der Waals surface area contributed by atoms with Crippen molar-refractivity contribution in [3.8, 4) is 0 Å². The minimum atomic E-state index is -1.11. The summed E-state index contributed by atoms with van der Waals surface area (Å²) in [6.07, 6.45) is 1.80. The van der Waals surface area contributed by atoms with Crippen molar-refractivity contribution in [3.05, 3.63) is 147 Å². The molecule has 1 aliphatic heterocycles. The second-order valence-corrected chi connectivity index (χ2v) is 12.6. The SMILES string of the molecule is O=C(Cc1cccc2ccccc12)N/N=C\C12c3ccccc3C(c3ccccc31)[C@@H]1C(=O)N(c3ccc(Cl)cc3Cl)C(=O)[C@H]12. The summed E-state index contributed by atoms with van der Waals surface area (Å²) in [5.74, 6) is -2.79. The Hall–Kier alpha value is -4.78. The molecule has 1 heterocycles. The molecule has 2 bridgehead atoms. The first-order valence-corrected chi connectivity index (χ1v) is 15.5. The number of hydrogen-bond acceptors (Lipinski definition) is 4. The monoisotopic (exact) mass is 629 g/mol. The number of nitrogens with one attached hydrogen (secondary N) is 1. The van der Waals surface area contributed by atoms with Crippen LogP contribution in [0.25, 0.3) is 10.8 Å². The number of hydrazone groups is 1. The highest BCUT2D eigenvalue weighted by Crippen LogP contribution is 2.63. The van der Waals surface area contributed by atoms with E-state index >= 15 is 0 Å². The van der Waals surface area contributed by atoms with Crippen molar-refractivity contribution in [1.82, 2.24) is 5.43 Å². The van der Waals surface area contributed by atoms with Crippen LogP contribution in [0, 0.1) is 11.8 Å². The van der Waals surface area contributed by atoms with Crippen molar-refractivity contribution in [2.75, 3.05) is 4.90 Å². The van der Waals surface area contributed by atoms with Crippen LogP contribution in [0.1, 0.15) is 33.7 Å². The molecule has 0 aromatic heterocycles. The number of carbonyl (C=O) groups is 3. The first-order valence-electron chi connectivity index (χ1n) is 14.7. The molecule has 5 aromatic carbocycles. The summed E-state index contributed by atoms with van der Waals surface area (Å²) >= 11 is 12.7. The number of amides is 3. The average molecular weight is 631 g/mol. The van der Waals surface area contributed by atoms with E-state index in [9.17, 15) is 14.4 Å². The van der Waals surface area contributed by atoms with E-state index in [2.05, 4.69) is 10.5 Å². The number of anilines is 1. The standard InChI is InChI=1S/C37H25Cl2N3O3/c38-23-16-17-30(29(39)19-23)42-35(44)33-32-25-12-3-5-14-27(25)37(34(33)36(42)45,28-15-6-4-13-26(28)32)20-40-41-31(43)18-22-10-7-9-21-8-1-2-11-24(21)22/h1-17,19-20,32-34H,18H2,(H,41,43)/b40-20-/t32?,33-,34-,37?/m0/s1. The topological polar surface area (TPSA) is 78.8 Å². The Morgan fingerprint density at radius 2 is 1.49 bits per heavy atom. The molecule has 45 heavy (non-hydrogen) atoms. The number of hydrogen-bond donors (Lipinski definition) is 1. The van der Waals surface area contributed by atoms with Crippen molar-refractivity contribution in [2.24, 2.45) is 16.9 Å².